The van der Waals surface area contributed by atoms with E-state index < -0.39 is 0 Å². The Bertz CT molecular complexity index is 684. The van der Waals surface area contributed by atoms with Crippen molar-refractivity contribution >= 4 is 29.9 Å². The van der Waals surface area contributed by atoms with Crippen molar-refractivity contribution in [2.24, 2.45) is 4.99 Å². The maximum Gasteiger partial charge on any atom is 0.191 e. The molecule has 0 amide bonds. The summed E-state index contributed by atoms with van der Waals surface area (Å²) in [6, 6.07) is 14.0. The molecule has 0 fully saturated rings. The second-order valence-electron chi connectivity index (χ2n) is 6.75. The van der Waals surface area contributed by atoms with E-state index in [1.807, 2.05) is 42.6 Å². The lowest BCUT2D eigenvalue weighted by atomic mass is 10.1. The third-order valence-corrected chi connectivity index (χ3v) is 3.46. The van der Waals surface area contributed by atoms with E-state index in [1.165, 1.54) is 0 Å². The molecular weight excluding hydrogens is 439 g/mol. The van der Waals surface area contributed by atoms with Crippen molar-refractivity contribution in [2.75, 3.05) is 13.6 Å². The van der Waals surface area contributed by atoms with Gasteiger partial charge in [0.05, 0.1) is 0 Å². The van der Waals surface area contributed by atoms with Crippen LogP contribution >= 0.6 is 24.0 Å². The first-order valence-electron chi connectivity index (χ1n) is 8.59. The number of nitrogens with zero attached hydrogens (tertiary/aromatic N) is 2. The molecule has 0 saturated heterocycles. The lowest BCUT2D eigenvalue weighted by Gasteiger charge is -2.23. The van der Waals surface area contributed by atoms with Crippen LogP contribution in [0.4, 0.5) is 0 Å². The highest BCUT2D eigenvalue weighted by Gasteiger charge is 2.14. The summed E-state index contributed by atoms with van der Waals surface area (Å²) in [6.45, 7) is 7.58. The molecule has 1 aromatic heterocycles. The Kier molecular flexibility index (Phi) is 9.40. The van der Waals surface area contributed by atoms with Crippen molar-refractivity contribution in [3.8, 4) is 5.75 Å². The predicted molar refractivity (Wildman–Crippen MR) is 118 cm³/mol. The quantitative estimate of drug-likeness (QED) is 0.385. The first-order valence-corrected chi connectivity index (χ1v) is 8.59. The maximum absolute atomic E-state index is 6.03. The zero-order valence-corrected chi connectivity index (χ0v) is 18.3. The largest absolute Gasteiger partial charge is 0.488 e. The van der Waals surface area contributed by atoms with Crippen LogP contribution in [0.1, 0.15) is 32.0 Å². The van der Waals surface area contributed by atoms with Gasteiger partial charge < -0.3 is 15.4 Å². The van der Waals surface area contributed by atoms with E-state index >= 15 is 0 Å². The number of nitrogens with one attached hydrogen (secondary N) is 2. The fourth-order valence-electron chi connectivity index (χ4n) is 2.33. The smallest absolute Gasteiger partial charge is 0.191 e. The molecule has 2 N–H and O–H groups in total. The second kappa shape index (κ2) is 11.0. The fourth-order valence-corrected chi connectivity index (χ4v) is 2.33. The molecule has 0 spiro atoms. The summed E-state index contributed by atoms with van der Waals surface area (Å²) < 4.78 is 6.03. The first-order chi connectivity index (χ1) is 12.0. The normalized spacial score (nSPS) is 11.5. The molecule has 0 atom stereocenters. The third-order valence-electron chi connectivity index (χ3n) is 3.46. The van der Waals surface area contributed by atoms with Crippen molar-refractivity contribution in [3.05, 3.63) is 59.9 Å². The van der Waals surface area contributed by atoms with Crippen molar-refractivity contribution in [1.29, 1.82) is 0 Å². The minimum atomic E-state index is -0.223. The predicted octanol–water partition coefficient (Wildman–Crippen LogP) is 3.78. The van der Waals surface area contributed by atoms with Crippen molar-refractivity contribution < 1.29 is 4.74 Å². The van der Waals surface area contributed by atoms with E-state index in [2.05, 4.69) is 47.4 Å². The van der Waals surface area contributed by atoms with E-state index in [1.54, 1.807) is 7.05 Å². The molecule has 2 rings (SSSR count). The average Bonchev–Trinajstić information content (AvgIpc) is 2.58. The van der Waals surface area contributed by atoms with Gasteiger partial charge in [0.2, 0.25) is 0 Å². The molecule has 26 heavy (non-hydrogen) atoms. The van der Waals surface area contributed by atoms with E-state index in [0.29, 0.717) is 6.54 Å². The zero-order valence-electron chi connectivity index (χ0n) is 16.0. The number of pyridine rings is 1. The molecule has 0 bridgehead atoms. The van der Waals surface area contributed by atoms with E-state index in [0.717, 1.165) is 35.9 Å². The standard InChI is InChI=1S/C20H28N4O.HI/c1-20(2,3)25-18-11-6-5-9-16(18)15-24-19(21-4)23-14-12-17-10-7-8-13-22-17;/h5-11,13H,12,14-15H2,1-4H3,(H2,21,23,24);1H. The van der Waals surface area contributed by atoms with Crippen molar-refractivity contribution in [1.82, 2.24) is 15.6 Å². The number of guanidine groups is 1. The highest BCUT2D eigenvalue weighted by atomic mass is 127. The lowest BCUT2D eigenvalue weighted by Crippen LogP contribution is -2.38. The van der Waals surface area contributed by atoms with Crippen LogP contribution in [0.15, 0.2) is 53.7 Å². The summed E-state index contributed by atoms with van der Waals surface area (Å²) >= 11 is 0. The first kappa shape index (κ1) is 22.2. The van der Waals surface area contributed by atoms with E-state index in [9.17, 15) is 0 Å². The van der Waals surface area contributed by atoms with Gasteiger partial charge in [-0.3, -0.25) is 9.98 Å². The van der Waals surface area contributed by atoms with Gasteiger partial charge in [0, 0.05) is 44.0 Å². The summed E-state index contributed by atoms with van der Waals surface area (Å²) in [4.78, 5) is 8.60. The van der Waals surface area contributed by atoms with Gasteiger partial charge in [-0.1, -0.05) is 24.3 Å². The van der Waals surface area contributed by atoms with Crippen LogP contribution in [0.25, 0.3) is 0 Å². The number of halogens is 1. The lowest BCUT2D eigenvalue weighted by molar-refractivity contribution is 0.129. The van der Waals surface area contributed by atoms with Crippen molar-refractivity contribution in [3.63, 3.8) is 0 Å². The molecule has 0 radical (unpaired) electrons. The maximum atomic E-state index is 6.03. The molecular formula is C20H29IN4O. The van der Waals surface area contributed by atoms with Gasteiger partial charge in [-0.15, -0.1) is 24.0 Å². The number of aliphatic imine (C=N–C) groups is 1. The SMILES string of the molecule is CN=C(NCCc1ccccn1)NCc1ccccc1OC(C)(C)C.I. The Labute approximate surface area is 173 Å². The fraction of sp³-hybridized carbons (Fsp3) is 0.400. The van der Waals surface area contributed by atoms with Gasteiger partial charge in [-0.05, 0) is 39.0 Å². The number of aromatic nitrogens is 1. The van der Waals surface area contributed by atoms with Crippen molar-refractivity contribution in [2.45, 2.75) is 39.3 Å². The molecule has 0 aliphatic rings. The monoisotopic (exact) mass is 468 g/mol. The summed E-state index contributed by atoms with van der Waals surface area (Å²) in [5.41, 5.74) is 1.94. The molecule has 0 unspecified atom stereocenters. The van der Waals surface area contributed by atoms with Crippen LogP contribution in [0.2, 0.25) is 0 Å². The molecule has 0 saturated carbocycles. The summed E-state index contributed by atoms with van der Waals surface area (Å²) in [5.74, 6) is 1.66. The van der Waals surface area contributed by atoms with Crippen LogP contribution in [0.3, 0.4) is 0 Å². The average molecular weight is 468 g/mol. The van der Waals surface area contributed by atoms with E-state index in [-0.39, 0.29) is 29.6 Å². The summed E-state index contributed by atoms with van der Waals surface area (Å²) in [5, 5.41) is 6.65. The van der Waals surface area contributed by atoms with Crippen LogP contribution in [0.5, 0.6) is 5.75 Å². The Morgan fingerprint density at radius 3 is 2.46 bits per heavy atom. The van der Waals surface area contributed by atoms with Crippen LogP contribution in [0, 0.1) is 0 Å². The number of hydrogen-bond acceptors (Lipinski definition) is 3. The molecule has 1 heterocycles. The zero-order chi connectivity index (χ0) is 18.1. The number of rotatable bonds is 6. The van der Waals surface area contributed by atoms with Gasteiger partial charge in [-0.2, -0.15) is 0 Å². The summed E-state index contributed by atoms with van der Waals surface area (Å²) in [6.07, 6.45) is 2.67. The van der Waals surface area contributed by atoms with Gasteiger partial charge in [0.1, 0.15) is 11.4 Å². The summed E-state index contributed by atoms with van der Waals surface area (Å²) in [7, 11) is 1.77. The number of ether oxygens (including phenoxy) is 1. The van der Waals surface area contributed by atoms with Gasteiger partial charge >= 0.3 is 0 Å². The minimum absolute atomic E-state index is 0. The second-order valence-corrected chi connectivity index (χ2v) is 6.75. The molecule has 6 heteroatoms. The van der Waals surface area contributed by atoms with Gasteiger partial charge in [0.25, 0.3) is 0 Å². The van der Waals surface area contributed by atoms with Crippen LogP contribution < -0.4 is 15.4 Å². The minimum Gasteiger partial charge on any atom is -0.488 e. The van der Waals surface area contributed by atoms with Crippen LogP contribution in [-0.2, 0) is 13.0 Å². The Morgan fingerprint density at radius 1 is 1.08 bits per heavy atom. The molecule has 0 aliphatic heterocycles. The van der Waals surface area contributed by atoms with Gasteiger partial charge in [0.15, 0.2) is 5.96 Å². The molecule has 1 aromatic carbocycles. The Balaban J connectivity index is 0.00000338. The molecule has 0 aliphatic carbocycles. The number of hydrogen-bond donors (Lipinski definition) is 2. The molecule has 2 aromatic rings. The number of benzene rings is 1. The molecule has 5 nitrogen and oxygen atoms in total. The third kappa shape index (κ3) is 8.03. The van der Waals surface area contributed by atoms with E-state index in [4.69, 9.17) is 4.74 Å². The Morgan fingerprint density at radius 2 is 1.81 bits per heavy atom. The molecule has 142 valence electrons. The Hall–Kier alpha value is -1.83. The number of para-hydroxylation sites is 1. The topological polar surface area (TPSA) is 58.5 Å². The highest BCUT2D eigenvalue weighted by molar-refractivity contribution is 14.0. The van der Waals surface area contributed by atoms with Gasteiger partial charge in [-0.25, -0.2) is 0 Å². The van der Waals surface area contributed by atoms with Crippen LogP contribution in [-0.4, -0.2) is 30.1 Å². The highest BCUT2D eigenvalue weighted by Crippen LogP contribution is 2.22.